The number of hydrogen-bond acceptors (Lipinski definition) is 9. The maximum absolute atomic E-state index is 12.0. The summed E-state index contributed by atoms with van der Waals surface area (Å²) in [4.78, 5) is 46.6. The van der Waals surface area contributed by atoms with E-state index in [9.17, 15) is 29.4 Å². The minimum Gasteiger partial charge on any atom is -0.508 e. The molecule has 2 aromatic carbocycles. The molecule has 9 nitrogen and oxygen atoms in total. The van der Waals surface area contributed by atoms with Gasteiger partial charge in [-0.15, -0.1) is 6.58 Å². The molecule has 252 valence electrons. The lowest BCUT2D eigenvalue weighted by Gasteiger charge is -2.11. The van der Waals surface area contributed by atoms with Crippen LogP contribution in [-0.2, 0) is 41.4 Å². The monoisotopic (exact) mass is 646 g/mol. The van der Waals surface area contributed by atoms with Crippen molar-refractivity contribution >= 4 is 23.7 Å². The predicted octanol–water partition coefficient (Wildman–Crippen LogP) is 7.40. The average molecular weight is 647 g/mol. The lowest BCUT2D eigenvalue weighted by Crippen LogP contribution is -2.16. The maximum Gasteiger partial charge on any atom is 0.338 e. The van der Waals surface area contributed by atoms with E-state index in [0.29, 0.717) is 17.6 Å². The molecule has 0 aliphatic carbocycles. The van der Waals surface area contributed by atoms with E-state index in [1.54, 1.807) is 55.5 Å². The van der Waals surface area contributed by atoms with E-state index in [-0.39, 0.29) is 48.0 Å². The van der Waals surface area contributed by atoms with Crippen LogP contribution in [0.15, 0.2) is 89.9 Å². The standard InChI is InChI=1S/C22H20O6.C16H26O3/c1-14-21(25)19(28-22(14)26)11-15-7-9-16(10-8-15)12-20(24)27-13-18(23)17-5-3-2-4-6-17;1-3-4-5-6-7-8-9-10-11-12-14-15(17)13(2)16(18)19-14/h2-10,19,25H,11-13H2,1H3;3,14,17H,1,4-12H2,2H3. The molecule has 2 atom stereocenters. The third-order valence-electron chi connectivity index (χ3n) is 8.12. The number of unbranched alkanes of at least 4 members (excludes halogenated alkanes) is 7. The van der Waals surface area contributed by atoms with E-state index >= 15 is 0 Å². The van der Waals surface area contributed by atoms with Gasteiger partial charge in [-0.05, 0) is 50.7 Å². The number of aliphatic hydroxyl groups is 2. The van der Waals surface area contributed by atoms with Crippen molar-refractivity contribution in [1.82, 2.24) is 0 Å². The summed E-state index contributed by atoms with van der Waals surface area (Å²) in [6.07, 6.45) is 11.6. The van der Waals surface area contributed by atoms with E-state index in [1.165, 1.54) is 39.0 Å². The van der Waals surface area contributed by atoms with Gasteiger partial charge in [0, 0.05) is 12.0 Å². The highest BCUT2D eigenvalue weighted by Gasteiger charge is 2.32. The lowest BCUT2D eigenvalue weighted by atomic mass is 10.0. The molecular formula is C38H46O9. The maximum atomic E-state index is 12.0. The largest absolute Gasteiger partial charge is 0.508 e. The number of carbonyl (C=O) groups is 4. The number of cyclic esters (lactones) is 2. The zero-order valence-corrected chi connectivity index (χ0v) is 27.4. The molecule has 0 saturated carbocycles. The summed E-state index contributed by atoms with van der Waals surface area (Å²) >= 11 is 0. The van der Waals surface area contributed by atoms with Crippen molar-refractivity contribution in [3.8, 4) is 0 Å². The van der Waals surface area contributed by atoms with Gasteiger partial charge in [-0.2, -0.15) is 0 Å². The quantitative estimate of drug-likeness (QED) is 0.0592. The van der Waals surface area contributed by atoms with Crippen LogP contribution >= 0.6 is 0 Å². The van der Waals surface area contributed by atoms with Crippen molar-refractivity contribution in [2.75, 3.05) is 6.61 Å². The van der Waals surface area contributed by atoms with Crippen LogP contribution in [0.4, 0.5) is 0 Å². The zero-order chi connectivity index (χ0) is 34.2. The third kappa shape index (κ3) is 11.9. The van der Waals surface area contributed by atoms with Gasteiger partial charge in [-0.1, -0.05) is 92.8 Å². The normalized spacial score (nSPS) is 17.1. The summed E-state index contributed by atoms with van der Waals surface area (Å²) < 4.78 is 15.2. The molecule has 0 fully saturated rings. The van der Waals surface area contributed by atoms with Gasteiger partial charge in [0.1, 0.15) is 11.5 Å². The highest BCUT2D eigenvalue weighted by atomic mass is 16.6. The molecule has 0 spiro atoms. The Morgan fingerprint density at radius 1 is 0.766 bits per heavy atom. The molecule has 0 saturated heterocycles. The van der Waals surface area contributed by atoms with Gasteiger partial charge in [0.15, 0.2) is 24.6 Å². The molecule has 9 heteroatoms. The Labute approximate surface area is 276 Å². The molecule has 2 heterocycles. The van der Waals surface area contributed by atoms with Gasteiger partial charge >= 0.3 is 17.9 Å². The second-order valence-corrected chi connectivity index (χ2v) is 11.8. The molecule has 0 radical (unpaired) electrons. The number of hydrogen-bond donors (Lipinski definition) is 2. The Hall–Kier alpha value is -4.66. The summed E-state index contributed by atoms with van der Waals surface area (Å²) in [6.45, 7) is 6.56. The van der Waals surface area contributed by atoms with Crippen LogP contribution in [0.3, 0.4) is 0 Å². The first-order chi connectivity index (χ1) is 22.6. The molecule has 2 aliphatic heterocycles. The van der Waals surface area contributed by atoms with Crippen molar-refractivity contribution in [1.29, 1.82) is 0 Å². The fourth-order valence-electron chi connectivity index (χ4n) is 5.15. The Balaban J connectivity index is 0.000000277. The van der Waals surface area contributed by atoms with Crippen LogP contribution in [0, 0.1) is 0 Å². The summed E-state index contributed by atoms with van der Waals surface area (Å²) in [6, 6.07) is 15.8. The average Bonchev–Trinajstić information content (AvgIpc) is 3.47. The van der Waals surface area contributed by atoms with E-state index in [0.717, 1.165) is 36.8 Å². The third-order valence-corrected chi connectivity index (χ3v) is 8.12. The summed E-state index contributed by atoms with van der Waals surface area (Å²) in [7, 11) is 0. The number of rotatable bonds is 17. The highest BCUT2D eigenvalue weighted by molar-refractivity contribution is 5.98. The van der Waals surface area contributed by atoms with Crippen LogP contribution in [0.2, 0.25) is 0 Å². The number of benzene rings is 2. The molecule has 0 bridgehead atoms. The minimum atomic E-state index is -0.674. The molecular weight excluding hydrogens is 600 g/mol. The smallest absolute Gasteiger partial charge is 0.338 e. The molecule has 4 rings (SSSR count). The first kappa shape index (κ1) is 36.8. The number of Topliss-reactive ketones (excluding diaryl/α,β-unsaturated/α-hetero) is 1. The zero-order valence-electron chi connectivity index (χ0n) is 27.4. The van der Waals surface area contributed by atoms with E-state index in [2.05, 4.69) is 6.58 Å². The molecule has 47 heavy (non-hydrogen) atoms. The predicted molar refractivity (Wildman–Crippen MR) is 178 cm³/mol. The fraction of sp³-hybridized carbons (Fsp3) is 0.421. The van der Waals surface area contributed by atoms with E-state index in [4.69, 9.17) is 14.2 Å². The summed E-state index contributed by atoms with van der Waals surface area (Å²) in [5, 5.41) is 19.6. The number of ketones is 1. The topological polar surface area (TPSA) is 136 Å². The van der Waals surface area contributed by atoms with Crippen molar-refractivity contribution in [2.24, 2.45) is 0 Å². The Kier molecular flexibility index (Phi) is 15.0. The van der Waals surface area contributed by atoms with Crippen LogP contribution < -0.4 is 0 Å². The van der Waals surface area contributed by atoms with Gasteiger partial charge in [0.25, 0.3) is 0 Å². The second-order valence-electron chi connectivity index (χ2n) is 11.8. The molecule has 2 aliphatic rings. The first-order valence-electron chi connectivity index (χ1n) is 16.2. The van der Waals surface area contributed by atoms with Crippen LogP contribution in [0.1, 0.15) is 93.1 Å². The fourth-order valence-corrected chi connectivity index (χ4v) is 5.15. The highest BCUT2D eigenvalue weighted by Crippen LogP contribution is 2.25. The first-order valence-corrected chi connectivity index (χ1v) is 16.2. The van der Waals surface area contributed by atoms with Crippen LogP contribution in [0.5, 0.6) is 0 Å². The summed E-state index contributed by atoms with van der Waals surface area (Å²) in [5.41, 5.74) is 2.69. The van der Waals surface area contributed by atoms with Gasteiger partial charge in [0.05, 0.1) is 17.6 Å². The molecule has 2 aromatic rings. The Morgan fingerprint density at radius 3 is 1.85 bits per heavy atom. The van der Waals surface area contributed by atoms with Gasteiger partial charge in [-0.25, -0.2) is 9.59 Å². The van der Waals surface area contributed by atoms with Crippen molar-refractivity contribution < 1.29 is 43.6 Å². The number of allylic oxidation sites excluding steroid dienone is 1. The Bertz CT molecular complexity index is 1440. The van der Waals surface area contributed by atoms with Crippen molar-refractivity contribution in [3.63, 3.8) is 0 Å². The van der Waals surface area contributed by atoms with Crippen molar-refractivity contribution in [2.45, 2.75) is 96.7 Å². The summed E-state index contributed by atoms with van der Waals surface area (Å²) in [5.74, 6) is -1.52. The van der Waals surface area contributed by atoms with Gasteiger partial charge in [0.2, 0.25) is 0 Å². The molecule has 0 aromatic heterocycles. The van der Waals surface area contributed by atoms with Gasteiger partial charge in [-0.3, -0.25) is 9.59 Å². The van der Waals surface area contributed by atoms with Crippen LogP contribution in [-0.4, -0.2) is 52.7 Å². The Morgan fingerprint density at radius 2 is 1.30 bits per heavy atom. The van der Waals surface area contributed by atoms with Gasteiger partial charge < -0.3 is 24.4 Å². The molecule has 0 amide bonds. The van der Waals surface area contributed by atoms with E-state index in [1.807, 2.05) is 12.1 Å². The second kappa shape index (κ2) is 19.1. The number of ether oxygens (including phenoxy) is 3. The lowest BCUT2D eigenvalue weighted by molar-refractivity contribution is -0.142. The molecule has 2 N–H and O–H groups in total. The molecule has 2 unspecified atom stereocenters. The SMILES string of the molecule is C=CCCCCCCCCCC1OC(=O)C(C)=C1O.CC1=C(O)C(Cc2ccc(CC(=O)OCC(=O)c3ccccc3)cc2)OC1=O. The van der Waals surface area contributed by atoms with Crippen molar-refractivity contribution in [3.05, 3.63) is 107 Å². The number of aliphatic hydroxyl groups excluding tert-OH is 2. The van der Waals surface area contributed by atoms with Crippen LogP contribution in [0.25, 0.3) is 0 Å². The number of carbonyl (C=O) groups excluding carboxylic acids is 4. The minimum absolute atomic E-state index is 0.0410. The number of esters is 3. The van der Waals surface area contributed by atoms with E-state index < -0.39 is 18.0 Å².